The Hall–Kier alpha value is -2.42. The summed E-state index contributed by atoms with van der Waals surface area (Å²) in [5, 5.41) is 3.87. The highest BCUT2D eigenvalue weighted by Gasteiger charge is 2.15. The molecule has 106 valence electrons. The van der Waals surface area contributed by atoms with Crippen LogP contribution in [0, 0.1) is 6.92 Å². The summed E-state index contributed by atoms with van der Waals surface area (Å²) in [5.41, 5.74) is 3.81. The lowest BCUT2D eigenvalue weighted by atomic mass is 9.96. The third-order valence-corrected chi connectivity index (χ3v) is 3.62. The van der Waals surface area contributed by atoms with E-state index in [1.807, 2.05) is 13.0 Å². The Kier molecular flexibility index (Phi) is 3.82. The number of rotatable bonds is 4. The minimum Gasteiger partial charge on any atom is -0.339 e. The Bertz CT molecular complexity index is 719. The fraction of sp³-hybridized carbons (Fsp3) is 0.222. The van der Waals surface area contributed by atoms with E-state index in [0.29, 0.717) is 11.7 Å². The molecule has 0 aliphatic heterocycles. The van der Waals surface area contributed by atoms with Crippen LogP contribution < -0.4 is 0 Å². The normalized spacial score (nSPS) is 12.3. The van der Waals surface area contributed by atoms with Gasteiger partial charge in [-0.15, -0.1) is 0 Å². The maximum Gasteiger partial charge on any atom is 0.233 e. The Morgan fingerprint density at radius 1 is 1.00 bits per heavy atom. The fourth-order valence-corrected chi connectivity index (χ4v) is 2.44. The molecule has 0 saturated heterocycles. The Labute approximate surface area is 124 Å². The molecule has 3 nitrogen and oxygen atoms in total. The number of hydrogen-bond donors (Lipinski definition) is 0. The molecule has 2 aromatic carbocycles. The summed E-state index contributed by atoms with van der Waals surface area (Å²) in [7, 11) is 0. The van der Waals surface area contributed by atoms with Gasteiger partial charge >= 0.3 is 0 Å². The molecule has 1 unspecified atom stereocenters. The zero-order valence-electron chi connectivity index (χ0n) is 12.3. The van der Waals surface area contributed by atoms with Crippen molar-refractivity contribution < 1.29 is 4.52 Å². The van der Waals surface area contributed by atoms with Gasteiger partial charge in [0.2, 0.25) is 5.89 Å². The Balaban J connectivity index is 1.83. The first-order valence-corrected chi connectivity index (χ1v) is 7.15. The van der Waals surface area contributed by atoms with Gasteiger partial charge < -0.3 is 4.52 Å². The number of benzene rings is 2. The average Bonchev–Trinajstić information content (AvgIpc) is 2.94. The highest BCUT2D eigenvalue weighted by atomic mass is 16.5. The third-order valence-electron chi connectivity index (χ3n) is 3.62. The van der Waals surface area contributed by atoms with Crippen molar-refractivity contribution >= 4 is 0 Å². The van der Waals surface area contributed by atoms with Gasteiger partial charge in [-0.05, 0) is 37.0 Å². The maximum atomic E-state index is 5.28. The van der Waals surface area contributed by atoms with Gasteiger partial charge in [0.15, 0.2) is 5.82 Å². The number of aryl methyl sites for hydroxylation is 1. The molecule has 0 spiro atoms. The van der Waals surface area contributed by atoms with Gasteiger partial charge in [-0.2, -0.15) is 4.98 Å². The molecule has 3 rings (SSSR count). The van der Waals surface area contributed by atoms with E-state index in [0.717, 1.165) is 6.42 Å². The first-order valence-electron chi connectivity index (χ1n) is 7.15. The minimum atomic E-state index is 0.113. The van der Waals surface area contributed by atoms with E-state index in [-0.39, 0.29) is 5.92 Å². The van der Waals surface area contributed by atoms with Crippen LogP contribution in [0.1, 0.15) is 41.2 Å². The van der Waals surface area contributed by atoms with Crippen LogP contribution in [-0.2, 0) is 6.42 Å². The molecular weight excluding hydrogens is 260 g/mol. The lowest BCUT2D eigenvalue weighted by Crippen LogP contribution is -1.98. The van der Waals surface area contributed by atoms with Gasteiger partial charge in [0.25, 0.3) is 0 Å². The van der Waals surface area contributed by atoms with Crippen LogP contribution in [0.2, 0.25) is 0 Å². The molecule has 0 fully saturated rings. The molecule has 21 heavy (non-hydrogen) atoms. The summed E-state index contributed by atoms with van der Waals surface area (Å²) in [4.78, 5) is 4.32. The first kappa shape index (κ1) is 13.6. The molecule has 0 saturated carbocycles. The highest BCUT2D eigenvalue weighted by molar-refractivity contribution is 5.32. The molecule has 1 aromatic heterocycles. The summed E-state index contributed by atoms with van der Waals surface area (Å²) in [6.07, 6.45) is 0.935. The van der Waals surface area contributed by atoms with Crippen molar-refractivity contribution in [2.75, 3.05) is 0 Å². The number of hydrogen-bond acceptors (Lipinski definition) is 3. The largest absolute Gasteiger partial charge is 0.339 e. The molecule has 0 amide bonds. The van der Waals surface area contributed by atoms with E-state index in [1.54, 1.807) is 0 Å². The molecule has 3 aromatic rings. The predicted octanol–water partition coefficient (Wildman–Crippen LogP) is 4.12. The minimum absolute atomic E-state index is 0.113. The third kappa shape index (κ3) is 3.19. The summed E-state index contributed by atoms with van der Waals surface area (Å²) < 4.78 is 5.28. The molecule has 0 radical (unpaired) electrons. The van der Waals surface area contributed by atoms with Crippen molar-refractivity contribution in [2.24, 2.45) is 0 Å². The Morgan fingerprint density at radius 2 is 1.76 bits per heavy atom. The second kappa shape index (κ2) is 5.92. The van der Waals surface area contributed by atoms with Crippen LogP contribution in [0.15, 0.2) is 59.1 Å². The van der Waals surface area contributed by atoms with Crippen molar-refractivity contribution in [3.05, 3.63) is 83.0 Å². The number of aromatic nitrogens is 2. The molecule has 1 heterocycles. The lowest BCUT2D eigenvalue weighted by molar-refractivity contribution is 0.367. The second-order valence-corrected chi connectivity index (χ2v) is 5.31. The molecule has 1 atom stereocenters. The van der Waals surface area contributed by atoms with Crippen LogP contribution in [-0.4, -0.2) is 10.1 Å². The van der Waals surface area contributed by atoms with Crippen LogP contribution in [0.5, 0.6) is 0 Å². The predicted molar refractivity (Wildman–Crippen MR) is 82.2 cm³/mol. The lowest BCUT2D eigenvalue weighted by Gasteiger charge is -2.09. The van der Waals surface area contributed by atoms with E-state index in [4.69, 9.17) is 4.52 Å². The fourth-order valence-electron chi connectivity index (χ4n) is 2.44. The van der Waals surface area contributed by atoms with Crippen LogP contribution in [0.3, 0.4) is 0 Å². The van der Waals surface area contributed by atoms with Gasteiger partial charge in [-0.25, -0.2) is 0 Å². The molecular formula is C18H18N2O. The standard InChI is InChI=1S/C18H18N2O/c1-13(18-19-14(2)20-21-18)17-10-6-9-16(12-17)11-15-7-4-3-5-8-15/h3-10,12-13H,11H2,1-2H3. The average molecular weight is 278 g/mol. The van der Waals surface area contributed by atoms with E-state index in [1.165, 1.54) is 16.7 Å². The zero-order valence-corrected chi connectivity index (χ0v) is 12.3. The first-order chi connectivity index (χ1) is 10.2. The quantitative estimate of drug-likeness (QED) is 0.720. The van der Waals surface area contributed by atoms with Gasteiger partial charge in [0, 0.05) is 0 Å². The van der Waals surface area contributed by atoms with Gasteiger partial charge in [-0.3, -0.25) is 0 Å². The molecule has 0 aliphatic carbocycles. The second-order valence-electron chi connectivity index (χ2n) is 5.31. The molecule has 0 bridgehead atoms. The van der Waals surface area contributed by atoms with Gasteiger partial charge in [0.05, 0.1) is 5.92 Å². The Morgan fingerprint density at radius 3 is 2.48 bits per heavy atom. The SMILES string of the molecule is Cc1noc(C(C)c2cccc(Cc3ccccc3)c2)n1. The topological polar surface area (TPSA) is 38.9 Å². The summed E-state index contributed by atoms with van der Waals surface area (Å²) in [6.45, 7) is 3.93. The van der Waals surface area contributed by atoms with Gasteiger partial charge in [0.1, 0.15) is 0 Å². The van der Waals surface area contributed by atoms with E-state index in [2.05, 4.69) is 65.6 Å². The van der Waals surface area contributed by atoms with Crippen molar-refractivity contribution in [3.8, 4) is 0 Å². The van der Waals surface area contributed by atoms with Gasteiger partial charge in [-0.1, -0.05) is 59.8 Å². The van der Waals surface area contributed by atoms with Crippen molar-refractivity contribution in [1.29, 1.82) is 0 Å². The van der Waals surface area contributed by atoms with E-state index < -0.39 is 0 Å². The smallest absolute Gasteiger partial charge is 0.233 e. The molecule has 0 N–H and O–H groups in total. The maximum absolute atomic E-state index is 5.28. The van der Waals surface area contributed by atoms with Crippen molar-refractivity contribution in [2.45, 2.75) is 26.2 Å². The van der Waals surface area contributed by atoms with E-state index in [9.17, 15) is 0 Å². The monoisotopic (exact) mass is 278 g/mol. The molecule has 0 aliphatic rings. The van der Waals surface area contributed by atoms with Crippen molar-refractivity contribution in [1.82, 2.24) is 10.1 Å². The summed E-state index contributed by atoms with van der Waals surface area (Å²) in [5.74, 6) is 1.46. The summed E-state index contributed by atoms with van der Waals surface area (Å²) in [6, 6.07) is 19.1. The van der Waals surface area contributed by atoms with E-state index >= 15 is 0 Å². The van der Waals surface area contributed by atoms with Crippen LogP contribution in [0.25, 0.3) is 0 Å². The highest BCUT2D eigenvalue weighted by Crippen LogP contribution is 2.24. The number of nitrogens with zero attached hydrogens (tertiary/aromatic N) is 2. The van der Waals surface area contributed by atoms with Crippen LogP contribution in [0.4, 0.5) is 0 Å². The van der Waals surface area contributed by atoms with Crippen LogP contribution >= 0.6 is 0 Å². The zero-order chi connectivity index (χ0) is 14.7. The molecule has 3 heteroatoms. The van der Waals surface area contributed by atoms with Crippen molar-refractivity contribution in [3.63, 3.8) is 0 Å². The summed E-state index contributed by atoms with van der Waals surface area (Å²) >= 11 is 0.